The molecule has 0 amide bonds. The van der Waals surface area contributed by atoms with E-state index in [-0.39, 0.29) is 6.90 Å². The first-order valence-corrected chi connectivity index (χ1v) is 5.24. The van der Waals surface area contributed by atoms with E-state index in [2.05, 4.69) is 18.2 Å². The van der Waals surface area contributed by atoms with Gasteiger partial charge >= 0.3 is 0 Å². The van der Waals surface area contributed by atoms with Crippen molar-refractivity contribution in [1.82, 2.24) is 0 Å². The van der Waals surface area contributed by atoms with Gasteiger partial charge in [0, 0.05) is 1.37 Å². The maximum absolute atomic E-state index is 11.5. The molecule has 1 unspecified atom stereocenters. The van der Waals surface area contributed by atoms with E-state index in [4.69, 9.17) is 1.37 Å². The van der Waals surface area contributed by atoms with Crippen LogP contribution in [0.2, 0.25) is 0 Å². The summed E-state index contributed by atoms with van der Waals surface area (Å²) in [6.45, 7) is 7.90. The summed E-state index contributed by atoms with van der Waals surface area (Å²) in [6.07, 6.45) is 2.55. The highest BCUT2D eigenvalue weighted by Crippen LogP contribution is 2.16. The Morgan fingerprint density at radius 1 is 1.67 bits per heavy atom. The quantitative estimate of drug-likeness (QED) is 0.497. The standard InChI is InChI=1S/C9H19NOS/c1-8(2)6-7-10-12(11)9(3,4)5/h7-8H,6H2,1-5H3/i3D. The number of hydrogen-bond acceptors (Lipinski definition) is 2. The molecule has 0 spiro atoms. The Balaban J connectivity index is 3.99. The SMILES string of the molecule is [2H]CC(C)(C)[S+]([O-])N=CCC(C)C. The lowest BCUT2D eigenvalue weighted by Gasteiger charge is -2.17. The van der Waals surface area contributed by atoms with Gasteiger partial charge in [-0.25, -0.2) is 0 Å². The van der Waals surface area contributed by atoms with Crippen molar-refractivity contribution in [3.05, 3.63) is 0 Å². The Hall–Kier alpha value is -0.0200. The first kappa shape index (κ1) is 10.1. The van der Waals surface area contributed by atoms with Gasteiger partial charge in [0.15, 0.2) is 0 Å². The monoisotopic (exact) mass is 190 g/mol. The number of rotatable bonds is 3. The van der Waals surface area contributed by atoms with E-state index in [1.54, 1.807) is 20.1 Å². The summed E-state index contributed by atoms with van der Waals surface area (Å²) in [5, 5.41) is 0. The van der Waals surface area contributed by atoms with Crippen LogP contribution in [0.4, 0.5) is 0 Å². The molecule has 0 aliphatic carbocycles. The van der Waals surface area contributed by atoms with Crippen molar-refractivity contribution >= 4 is 17.6 Å². The molecule has 12 heavy (non-hydrogen) atoms. The van der Waals surface area contributed by atoms with Crippen LogP contribution >= 0.6 is 0 Å². The van der Waals surface area contributed by atoms with Gasteiger partial charge in [0.25, 0.3) is 0 Å². The van der Waals surface area contributed by atoms with Gasteiger partial charge in [0.1, 0.15) is 16.1 Å². The van der Waals surface area contributed by atoms with Crippen LogP contribution in [0.25, 0.3) is 0 Å². The predicted molar refractivity (Wildman–Crippen MR) is 55.8 cm³/mol. The highest BCUT2D eigenvalue weighted by Gasteiger charge is 2.25. The molecule has 0 heterocycles. The molecule has 0 radical (unpaired) electrons. The number of hydrogen-bond donors (Lipinski definition) is 0. The Morgan fingerprint density at radius 2 is 2.25 bits per heavy atom. The zero-order valence-electron chi connectivity index (χ0n) is 9.33. The summed E-state index contributed by atoms with van der Waals surface area (Å²) in [5.41, 5.74) is 0. The van der Waals surface area contributed by atoms with Crippen LogP contribution < -0.4 is 0 Å². The zero-order valence-corrected chi connectivity index (χ0v) is 9.15. The van der Waals surface area contributed by atoms with Crippen molar-refractivity contribution < 1.29 is 5.92 Å². The summed E-state index contributed by atoms with van der Waals surface area (Å²) in [7, 11) is 0. The topological polar surface area (TPSA) is 35.4 Å². The van der Waals surface area contributed by atoms with Crippen molar-refractivity contribution in [3.63, 3.8) is 0 Å². The van der Waals surface area contributed by atoms with Gasteiger partial charge in [-0.3, -0.25) is 0 Å². The van der Waals surface area contributed by atoms with Gasteiger partial charge in [0.2, 0.25) is 0 Å². The van der Waals surface area contributed by atoms with Crippen LogP contribution in [-0.4, -0.2) is 15.5 Å². The van der Waals surface area contributed by atoms with E-state index in [0.717, 1.165) is 6.42 Å². The summed E-state index contributed by atoms with van der Waals surface area (Å²) < 4.78 is 22.1. The summed E-state index contributed by atoms with van der Waals surface area (Å²) in [5.74, 6) is 0.542. The fourth-order valence-corrected chi connectivity index (χ4v) is 0.971. The molecule has 0 saturated carbocycles. The van der Waals surface area contributed by atoms with Gasteiger partial charge in [-0.1, -0.05) is 18.2 Å². The molecule has 0 aromatic rings. The van der Waals surface area contributed by atoms with Crippen LogP contribution in [0.5, 0.6) is 0 Å². The molecule has 0 saturated heterocycles. The molecule has 0 aromatic carbocycles. The van der Waals surface area contributed by atoms with Gasteiger partial charge in [0.05, 0.1) is 6.21 Å². The zero-order chi connectivity index (χ0) is 10.5. The third-order valence-corrected chi connectivity index (χ3v) is 2.51. The van der Waals surface area contributed by atoms with Gasteiger partial charge in [-0.2, -0.15) is 0 Å². The van der Waals surface area contributed by atoms with Crippen molar-refractivity contribution in [2.75, 3.05) is 0 Å². The van der Waals surface area contributed by atoms with E-state index < -0.39 is 16.1 Å². The third-order valence-electron chi connectivity index (χ3n) is 1.22. The smallest absolute Gasteiger partial charge is 0.144 e. The lowest BCUT2D eigenvalue weighted by atomic mass is 10.2. The van der Waals surface area contributed by atoms with Gasteiger partial charge in [-0.05, 0) is 33.1 Å². The predicted octanol–water partition coefficient (Wildman–Crippen LogP) is 2.57. The van der Waals surface area contributed by atoms with Crippen molar-refractivity contribution in [2.45, 2.75) is 45.8 Å². The molecular weight excluding hydrogens is 170 g/mol. The Kier molecular flexibility index (Phi) is 4.09. The summed E-state index contributed by atoms with van der Waals surface area (Å²) >= 11 is -1.26. The van der Waals surface area contributed by atoms with Crippen LogP contribution in [0, 0.1) is 5.92 Å². The Labute approximate surface area is 80.2 Å². The van der Waals surface area contributed by atoms with E-state index in [1.807, 2.05) is 0 Å². The molecule has 0 N–H and O–H groups in total. The molecule has 2 nitrogen and oxygen atoms in total. The highest BCUT2D eigenvalue weighted by atomic mass is 32.2. The molecule has 0 bridgehead atoms. The van der Waals surface area contributed by atoms with Gasteiger partial charge < -0.3 is 4.55 Å². The van der Waals surface area contributed by atoms with Crippen molar-refractivity contribution in [3.8, 4) is 0 Å². The molecule has 0 aliphatic rings. The fraction of sp³-hybridized carbons (Fsp3) is 0.889. The molecule has 0 aliphatic heterocycles. The Morgan fingerprint density at radius 3 is 2.67 bits per heavy atom. The second kappa shape index (κ2) is 4.87. The highest BCUT2D eigenvalue weighted by molar-refractivity contribution is 7.91. The van der Waals surface area contributed by atoms with Crippen molar-refractivity contribution in [2.24, 2.45) is 10.3 Å². The van der Waals surface area contributed by atoms with Crippen LogP contribution in [-0.2, 0) is 11.4 Å². The van der Waals surface area contributed by atoms with E-state index in [0.29, 0.717) is 5.92 Å². The molecule has 0 fully saturated rings. The lowest BCUT2D eigenvalue weighted by molar-refractivity contribution is 0.561. The lowest BCUT2D eigenvalue weighted by Crippen LogP contribution is -2.25. The third kappa shape index (κ3) is 5.61. The first-order chi connectivity index (χ1) is 5.90. The Bertz CT molecular complexity index is 171. The normalized spacial score (nSPS) is 17.0. The fourth-order valence-electron chi connectivity index (χ4n) is 0.464. The van der Waals surface area contributed by atoms with Crippen LogP contribution in [0.1, 0.15) is 42.4 Å². The molecule has 0 rings (SSSR count). The molecule has 1 atom stereocenters. The van der Waals surface area contributed by atoms with Crippen molar-refractivity contribution in [1.29, 1.82) is 0 Å². The van der Waals surface area contributed by atoms with E-state index >= 15 is 0 Å². The minimum atomic E-state index is -1.26. The first-order valence-electron chi connectivity index (χ1n) is 4.84. The minimum absolute atomic E-state index is 0.138. The molecular formula is C9H19NOS. The number of nitrogens with zero attached hydrogens (tertiary/aromatic N) is 1. The molecule has 3 heteroatoms. The van der Waals surface area contributed by atoms with Crippen LogP contribution in [0.15, 0.2) is 4.40 Å². The maximum atomic E-state index is 11.5. The maximum Gasteiger partial charge on any atom is 0.144 e. The average molecular weight is 190 g/mol. The second-order valence-corrected chi connectivity index (χ2v) is 5.74. The summed E-state index contributed by atoms with van der Waals surface area (Å²) in [4.78, 5) is 0. The second-order valence-electron chi connectivity index (χ2n) is 3.93. The molecule has 0 aromatic heterocycles. The molecule has 72 valence electrons. The minimum Gasteiger partial charge on any atom is -0.591 e. The van der Waals surface area contributed by atoms with Gasteiger partial charge in [-0.15, -0.1) is 0 Å². The van der Waals surface area contributed by atoms with Crippen LogP contribution in [0.3, 0.4) is 0 Å². The average Bonchev–Trinajstić information content (AvgIpc) is 2.03. The summed E-state index contributed by atoms with van der Waals surface area (Å²) in [6, 6.07) is 0. The van der Waals surface area contributed by atoms with E-state index in [1.165, 1.54) is 0 Å². The van der Waals surface area contributed by atoms with E-state index in [9.17, 15) is 4.55 Å². The largest absolute Gasteiger partial charge is 0.591 e.